The molecule has 0 aliphatic heterocycles. The molecule has 0 spiro atoms. The van der Waals surface area contributed by atoms with Crippen LogP contribution in [0.25, 0.3) is 11.5 Å². The van der Waals surface area contributed by atoms with Gasteiger partial charge in [0.05, 0.1) is 11.9 Å². The molecule has 0 aromatic carbocycles. The van der Waals surface area contributed by atoms with Gasteiger partial charge in [-0.2, -0.15) is 0 Å². The lowest BCUT2D eigenvalue weighted by molar-refractivity contribution is 0.387. The van der Waals surface area contributed by atoms with Crippen LogP contribution >= 0.6 is 0 Å². The lowest BCUT2D eigenvalue weighted by Gasteiger charge is -2.10. The SMILES string of the molecule is CN(C)CCCCNc1ccc(-c2noc(=O)[nH]2)nc1. The van der Waals surface area contributed by atoms with Gasteiger partial charge in [0, 0.05) is 6.54 Å². The highest BCUT2D eigenvalue weighted by Crippen LogP contribution is 2.13. The monoisotopic (exact) mass is 277 g/mol. The highest BCUT2D eigenvalue weighted by molar-refractivity contribution is 5.52. The lowest BCUT2D eigenvalue weighted by atomic mass is 10.3. The molecule has 2 N–H and O–H groups in total. The summed E-state index contributed by atoms with van der Waals surface area (Å²) in [5, 5.41) is 6.89. The topological polar surface area (TPSA) is 87.0 Å². The van der Waals surface area contributed by atoms with Crippen LogP contribution in [0.3, 0.4) is 0 Å². The van der Waals surface area contributed by atoms with E-state index >= 15 is 0 Å². The van der Waals surface area contributed by atoms with Crippen molar-refractivity contribution in [3.63, 3.8) is 0 Å². The smallest absolute Gasteiger partial charge is 0.384 e. The van der Waals surface area contributed by atoms with Gasteiger partial charge in [0.1, 0.15) is 5.69 Å². The number of nitrogens with zero attached hydrogens (tertiary/aromatic N) is 3. The van der Waals surface area contributed by atoms with Gasteiger partial charge < -0.3 is 10.2 Å². The molecule has 0 saturated heterocycles. The van der Waals surface area contributed by atoms with Gasteiger partial charge in [0.2, 0.25) is 5.82 Å². The molecule has 20 heavy (non-hydrogen) atoms. The molecule has 0 bridgehead atoms. The van der Waals surface area contributed by atoms with E-state index in [-0.39, 0.29) is 0 Å². The Morgan fingerprint density at radius 3 is 2.80 bits per heavy atom. The maximum atomic E-state index is 10.9. The van der Waals surface area contributed by atoms with Gasteiger partial charge >= 0.3 is 5.76 Å². The van der Waals surface area contributed by atoms with Crippen molar-refractivity contribution in [1.29, 1.82) is 0 Å². The lowest BCUT2D eigenvalue weighted by Crippen LogP contribution is -2.14. The van der Waals surface area contributed by atoms with Gasteiger partial charge in [-0.1, -0.05) is 5.16 Å². The van der Waals surface area contributed by atoms with Crippen molar-refractivity contribution in [2.75, 3.05) is 32.5 Å². The van der Waals surface area contributed by atoms with Crippen molar-refractivity contribution >= 4 is 5.69 Å². The Morgan fingerprint density at radius 1 is 1.35 bits per heavy atom. The van der Waals surface area contributed by atoms with Crippen LogP contribution in [0.4, 0.5) is 5.69 Å². The first-order valence-corrected chi connectivity index (χ1v) is 6.56. The van der Waals surface area contributed by atoms with Crippen LogP contribution in [0, 0.1) is 0 Å². The third-order valence-electron chi connectivity index (χ3n) is 2.81. The second-order valence-corrected chi connectivity index (χ2v) is 4.81. The molecular weight excluding hydrogens is 258 g/mol. The number of aromatic amines is 1. The molecule has 2 heterocycles. The average molecular weight is 277 g/mol. The van der Waals surface area contributed by atoms with Gasteiger partial charge in [-0.15, -0.1) is 0 Å². The minimum atomic E-state index is -0.579. The first-order chi connectivity index (χ1) is 9.65. The van der Waals surface area contributed by atoms with Crippen molar-refractivity contribution in [2.24, 2.45) is 0 Å². The summed E-state index contributed by atoms with van der Waals surface area (Å²) in [6, 6.07) is 3.69. The summed E-state index contributed by atoms with van der Waals surface area (Å²) in [5.41, 5.74) is 1.53. The number of hydrogen-bond acceptors (Lipinski definition) is 6. The number of pyridine rings is 1. The Bertz CT molecular complexity index is 573. The molecule has 0 atom stereocenters. The molecule has 0 fully saturated rings. The Kier molecular flexibility index (Phi) is 4.89. The summed E-state index contributed by atoms with van der Waals surface area (Å²) in [5.74, 6) is -0.238. The van der Waals surface area contributed by atoms with Crippen LogP contribution in [0.15, 0.2) is 27.6 Å². The summed E-state index contributed by atoms with van der Waals surface area (Å²) in [7, 11) is 4.15. The maximum Gasteiger partial charge on any atom is 0.439 e. The highest BCUT2D eigenvalue weighted by atomic mass is 16.5. The van der Waals surface area contributed by atoms with Crippen molar-refractivity contribution in [2.45, 2.75) is 12.8 Å². The van der Waals surface area contributed by atoms with E-state index in [1.54, 1.807) is 12.3 Å². The van der Waals surface area contributed by atoms with E-state index in [1.807, 2.05) is 6.07 Å². The largest absolute Gasteiger partial charge is 0.439 e. The number of rotatable bonds is 7. The first-order valence-electron chi connectivity index (χ1n) is 6.56. The molecule has 0 amide bonds. The van der Waals surface area contributed by atoms with E-state index in [0.29, 0.717) is 11.5 Å². The number of nitrogens with one attached hydrogen (secondary N) is 2. The normalized spacial score (nSPS) is 10.9. The predicted molar refractivity (Wildman–Crippen MR) is 76.6 cm³/mol. The fourth-order valence-corrected chi connectivity index (χ4v) is 1.76. The number of anilines is 1. The van der Waals surface area contributed by atoms with E-state index in [0.717, 1.165) is 31.6 Å². The van der Waals surface area contributed by atoms with Gasteiger partial charge in [-0.25, -0.2) is 4.79 Å². The Hall–Kier alpha value is -2.15. The zero-order chi connectivity index (χ0) is 14.4. The second kappa shape index (κ2) is 6.85. The van der Waals surface area contributed by atoms with Crippen molar-refractivity contribution in [3.8, 4) is 11.5 Å². The molecule has 0 unspecified atom stereocenters. The summed E-state index contributed by atoms with van der Waals surface area (Å²) < 4.78 is 4.44. The Labute approximate surface area is 117 Å². The molecule has 7 heteroatoms. The number of H-pyrrole nitrogens is 1. The molecule has 2 rings (SSSR count). The standard InChI is InChI=1S/C13H19N5O2/c1-18(2)8-4-3-7-14-10-5-6-11(15-9-10)12-16-13(19)20-17-12/h5-6,9,14H,3-4,7-8H2,1-2H3,(H,16,17,19). The maximum absolute atomic E-state index is 10.9. The average Bonchev–Trinajstić information content (AvgIpc) is 2.85. The van der Waals surface area contributed by atoms with Crippen LogP contribution in [-0.4, -0.2) is 47.2 Å². The van der Waals surface area contributed by atoms with Crippen LogP contribution < -0.4 is 11.1 Å². The Morgan fingerprint density at radius 2 is 2.20 bits per heavy atom. The van der Waals surface area contributed by atoms with Crippen LogP contribution in [-0.2, 0) is 0 Å². The fourth-order valence-electron chi connectivity index (χ4n) is 1.76. The van der Waals surface area contributed by atoms with Crippen molar-refractivity contribution < 1.29 is 4.52 Å². The highest BCUT2D eigenvalue weighted by Gasteiger charge is 2.05. The Balaban J connectivity index is 1.81. The van der Waals surface area contributed by atoms with E-state index < -0.39 is 5.76 Å². The fraction of sp³-hybridized carbons (Fsp3) is 0.462. The van der Waals surface area contributed by atoms with Gasteiger partial charge in [-0.3, -0.25) is 14.5 Å². The van der Waals surface area contributed by atoms with Crippen LogP contribution in [0.5, 0.6) is 0 Å². The quantitative estimate of drug-likeness (QED) is 0.739. The third-order valence-corrected chi connectivity index (χ3v) is 2.81. The van der Waals surface area contributed by atoms with E-state index in [1.165, 1.54) is 0 Å². The summed E-state index contributed by atoms with van der Waals surface area (Å²) in [6.45, 7) is 2.01. The predicted octanol–water partition coefficient (Wildman–Crippen LogP) is 1.18. The van der Waals surface area contributed by atoms with Gasteiger partial charge in [0.15, 0.2) is 0 Å². The van der Waals surface area contributed by atoms with Gasteiger partial charge in [-0.05, 0) is 45.6 Å². The molecular formula is C13H19N5O2. The number of hydrogen-bond donors (Lipinski definition) is 2. The van der Waals surface area contributed by atoms with Crippen LogP contribution in [0.1, 0.15) is 12.8 Å². The zero-order valence-corrected chi connectivity index (χ0v) is 11.7. The third kappa shape index (κ3) is 4.20. The summed E-state index contributed by atoms with van der Waals surface area (Å²) in [4.78, 5) is 19.7. The van der Waals surface area contributed by atoms with E-state index in [4.69, 9.17) is 0 Å². The molecule has 0 aliphatic rings. The zero-order valence-electron chi connectivity index (χ0n) is 11.7. The van der Waals surface area contributed by atoms with Crippen molar-refractivity contribution in [1.82, 2.24) is 20.0 Å². The summed E-state index contributed by atoms with van der Waals surface area (Å²) in [6.07, 6.45) is 3.98. The van der Waals surface area contributed by atoms with Gasteiger partial charge in [0.25, 0.3) is 0 Å². The molecule has 2 aromatic rings. The molecule has 7 nitrogen and oxygen atoms in total. The molecule has 108 valence electrons. The second-order valence-electron chi connectivity index (χ2n) is 4.81. The summed E-state index contributed by atoms with van der Waals surface area (Å²) >= 11 is 0. The first kappa shape index (κ1) is 14.3. The molecule has 2 aromatic heterocycles. The van der Waals surface area contributed by atoms with Crippen molar-refractivity contribution in [3.05, 3.63) is 28.9 Å². The van der Waals surface area contributed by atoms with Crippen LogP contribution in [0.2, 0.25) is 0 Å². The number of aromatic nitrogens is 3. The van der Waals surface area contributed by atoms with E-state index in [9.17, 15) is 4.79 Å². The molecule has 0 saturated carbocycles. The van der Waals surface area contributed by atoms with E-state index in [2.05, 4.69) is 44.0 Å². The minimum absolute atomic E-state index is 0.340. The number of unbranched alkanes of at least 4 members (excludes halogenated alkanes) is 1. The molecule has 0 radical (unpaired) electrons. The molecule has 0 aliphatic carbocycles. The minimum Gasteiger partial charge on any atom is -0.384 e.